The second kappa shape index (κ2) is 7.63. The van der Waals surface area contributed by atoms with Gasteiger partial charge in [-0.25, -0.2) is 0 Å². The van der Waals surface area contributed by atoms with Crippen molar-refractivity contribution in [2.24, 2.45) is 0 Å². The van der Waals surface area contributed by atoms with Crippen LogP contribution in [0.5, 0.6) is 17.5 Å². The Labute approximate surface area is 140 Å². The summed E-state index contributed by atoms with van der Waals surface area (Å²) in [5, 5.41) is 7.79. The third-order valence-corrected chi connectivity index (χ3v) is 3.72. The maximum absolute atomic E-state index is 12.2. The fraction of sp³-hybridized carbons (Fsp3) is 0.353. The van der Waals surface area contributed by atoms with E-state index in [0.717, 1.165) is 6.42 Å². The Morgan fingerprint density at radius 3 is 2.62 bits per heavy atom. The van der Waals surface area contributed by atoms with Gasteiger partial charge in [-0.2, -0.15) is 0 Å². The summed E-state index contributed by atoms with van der Waals surface area (Å²) in [6, 6.07) is 12.7. The van der Waals surface area contributed by atoms with Gasteiger partial charge in [-0.3, -0.25) is 4.79 Å². The lowest BCUT2D eigenvalue weighted by Crippen LogP contribution is -2.34. The van der Waals surface area contributed by atoms with Gasteiger partial charge in [-0.05, 0) is 12.1 Å². The molecule has 2 heterocycles. The van der Waals surface area contributed by atoms with Gasteiger partial charge >= 0.3 is 0 Å². The van der Waals surface area contributed by atoms with Crippen molar-refractivity contribution in [2.75, 3.05) is 26.8 Å². The van der Waals surface area contributed by atoms with E-state index >= 15 is 0 Å². The molecule has 1 fully saturated rings. The molecule has 0 spiro atoms. The Morgan fingerprint density at radius 2 is 1.92 bits per heavy atom. The number of amides is 1. The quantitative estimate of drug-likeness (QED) is 0.800. The minimum Gasteiger partial charge on any atom is -0.484 e. The highest BCUT2D eigenvalue weighted by Crippen LogP contribution is 2.18. The predicted octanol–water partition coefficient (Wildman–Crippen LogP) is 1.54. The molecule has 0 bridgehead atoms. The molecule has 126 valence electrons. The zero-order valence-corrected chi connectivity index (χ0v) is 13.4. The molecule has 3 rings (SSSR count). The van der Waals surface area contributed by atoms with E-state index in [9.17, 15) is 4.79 Å². The number of hydrogen-bond donors (Lipinski definition) is 0. The Morgan fingerprint density at radius 1 is 1.17 bits per heavy atom. The number of para-hydroxylation sites is 1. The highest BCUT2D eigenvalue weighted by molar-refractivity contribution is 5.78. The van der Waals surface area contributed by atoms with E-state index in [0.29, 0.717) is 30.6 Å². The van der Waals surface area contributed by atoms with Crippen molar-refractivity contribution in [3.63, 3.8) is 0 Å². The normalized spacial score (nSPS) is 16.7. The fourth-order valence-electron chi connectivity index (χ4n) is 2.45. The molecule has 1 aromatic carbocycles. The number of carbonyl (C=O) groups excluding carboxylic acids is 1. The van der Waals surface area contributed by atoms with E-state index in [1.807, 2.05) is 30.3 Å². The Bertz CT molecular complexity index is 663. The summed E-state index contributed by atoms with van der Waals surface area (Å²) < 4.78 is 16.2. The van der Waals surface area contributed by atoms with E-state index < -0.39 is 0 Å². The Hall–Kier alpha value is -2.83. The molecule has 1 amide bonds. The van der Waals surface area contributed by atoms with Crippen molar-refractivity contribution in [3.05, 3.63) is 42.5 Å². The molecule has 0 N–H and O–H groups in total. The number of aromatic nitrogens is 2. The third kappa shape index (κ3) is 4.13. The van der Waals surface area contributed by atoms with Crippen molar-refractivity contribution in [1.82, 2.24) is 15.1 Å². The number of ether oxygens (including phenoxy) is 3. The molecule has 7 nitrogen and oxygen atoms in total. The van der Waals surface area contributed by atoms with Crippen LogP contribution in [0, 0.1) is 0 Å². The van der Waals surface area contributed by atoms with Crippen LogP contribution in [0.2, 0.25) is 0 Å². The molecule has 1 atom stereocenters. The lowest BCUT2D eigenvalue weighted by molar-refractivity contribution is -0.132. The number of benzene rings is 1. The summed E-state index contributed by atoms with van der Waals surface area (Å²) in [7, 11) is 1.53. The largest absolute Gasteiger partial charge is 0.484 e. The van der Waals surface area contributed by atoms with Gasteiger partial charge in [0.15, 0.2) is 6.61 Å². The van der Waals surface area contributed by atoms with Gasteiger partial charge in [0, 0.05) is 25.1 Å². The van der Waals surface area contributed by atoms with E-state index in [4.69, 9.17) is 14.2 Å². The highest BCUT2D eigenvalue weighted by Gasteiger charge is 2.28. The van der Waals surface area contributed by atoms with Crippen molar-refractivity contribution in [1.29, 1.82) is 0 Å². The van der Waals surface area contributed by atoms with Crippen LogP contribution < -0.4 is 14.2 Å². The standard InChI is InChI=1S/C17H19N3O4/c1-22-15-7-8-16(19-18-15)24-14-9-10-20(11-14)17(21)12-23-13-5-3-2-4-6-13/h2-8,14H,9-12H2,1H3. The van der Waals surface area contributed by atoms with E-state index in [2.05, 4.69) is 10.2 Å². The molecular formula is C17H19N3O4. The van der Waals surface area contributed by atoms with Gasteiger partial charge in [-0.1, -0.05) is 18.2 Å². The number of nitrogens with zero attached hydrogens (tertiary/aromatic N) is 3. The molecule has 1 saturated heterocycles. The molecule has 1 unspecified atom stereocenters. The fourth-order valence-corrected chi connectivity index (χ4v) is 2.45. The van der Waals surface area contributed by atoms with Crippen LogP contribution in [0.25, 0.3) is 0 Å². The van der Waals surface area contributed by atoms with Gasteiger partial charge in [0.05, 0.1) is 13.7 Å². The van der Waals surface area contributed by atoms with Gasteiger partial charge in [-0.15, -0.1) is 10.2 Å². The van der Waals surface area contributed by atoms with Crippen LogP contribution in [-0.2, 0) is 4.79 Å². The molecule has 1 aromatic heterocycles. The average molecular weight is 329 g/mol. The zero-order valence-electron chi connectivity index (χ0n) is 13.4. The topological polar surface area (TPSA) is 73.8 Å². The first-order chi connectivity index (χ1) is 11.7. The molecule has 1 aliphatic rings. The third-order valence-electron chi connectivity index (χ3n) is 3.72. The van der Waals surface area contributed by atoms with E-state index in [-0.39, 0.29) is 18.6 Å². The van der Waals surface area contributed by atoms with Crippen molar-refractivity contribution < 1.29 is 19.0 Å². The highest BCUT2D eigenvalue weighted by atomic mass is 16.5. The second-order valence-electron chi connectivity index (χ2n) is 5.38. The van der Waals surface area contributed by atoms with Gasteiger partial charge in [0.25, 0.3) is 5.91 Å². The summed E-state index contributed by atoms with van der Waals surface area (Å²) in [5.41, 5.74) is 0. The minimum atomic E-state index is -0.0895. The summed E-state index contributed by atoms with van der Waals surface area (Å²) in [4.78, 5) is 13.9. The Balaban J connectivity index is 1.46. The maximum Gasteiger partial charge on any atom is 0.260 e. The molecule has 24 heavy (non-hydrogen) atoms. The smallest absolute Gasteiger partial charge is 0.260 e. The predicted molar refractivity (Wildman–Crippen MR) is 86.1 cm³/mol. The lowest BCUT2D eigenvalue weighted by atomic mass is 10.3. The summed E-state index contributed by atoms with van der Waals surface area (Å²) in [6.45, 7) is 1.19. The van der Waals surface area contributed by atoms with Gasteiger partial charge in [0.1, 0.15) is 11.9 Å². The van der Waals surface area contributed by atoms with Crippen molar-refractivity contribution in [2.45, 2.75) is 12.5 Å². The average Bonchev–Trinajstić information content (AvgIpc) is 3.10. The number of carbonyl (C=O) groups is 1. The molecule has 0 aliphatic carbocycles. The number of methoxy groups -OCH3 is 1. The molecular weight excluding hydrogens is 310 g/mol. The Kier molecular flexibility index (Phi) is 5.10. The van der Waals surface area contributed by atoms with Crippen LogP contribution in [-0.4, -0.2) is 53.9 Å². The van der Waals surface area contributed by atoms with Crippen LogP contribution in [0.4, 0.5) is 0 Å². The lowest BCUT2D eigenvalue weighted by Gasteiger charge is -2.17. The van der Waals surface area contributed by atoms with Crippen molar-refractivity contribution >= 4 is 5.91 Å². The van der Waals surface area contributed by atoms with Crippen LogP contribution in [0.15, 0.2) is 42.5 Å². The minimum absolute atomic E-state index is 0.0269. The zero-order chi connectivity index (χ0) is 16.8. The van der Waals surface area contributed by atoms with E-state index in [1.165, 1.54) is 7.11 Å². The summed E-state index contributed by atoms with van der Waals surface area (Å²) >= 11 is 0. The van der Waals surface area contributed by atoms with E-state index in [1.54, 1.807) is 17.0 Å². The molecule has 1 aliphatic heterocycles. The monoisotopic (exact) mass is 329 g/mol. The molecule has 0 saturated carbocycles. The second-order valence-corrected chi connectivity index (χ2v) is 5.38. The van der Waals surface area contributed by atoms with Crippen LogP contribution in [0.1, 0.15) is 6.42 Å². The summed E-state index contributed by atoms with van der Waals surface area (Å²) in [6.07, 6.45) is 0.665. The van der Waals surface area contributed by atoms with Crippen molar-refractivity contribution in [3.8, 4) is 17.5 Å². The summed E-state index contributed by atoms with van der Waals surface area (Å²) in [5.74, 6) is 1.50. The maximum atomic E-state index is 12.2. The first-order valence-corrected chi connectivity index (χ1v) is 7.74. The molecule has 7 heteroatoms. The first-order valence-electron chi connectivity index (χ1n) is 7.74. The van der Waals surface area contributed by atoms with Gasteiger partial charge < -0.3 is 19.1 Å². The number of hydrogen-bond acceptors (Lipinski definition) is 6. The van der Waals surface area contributed by atoms with Gasteiger partial charge in [0.2, 0.25) is 11.8 Å². The van der Waals surface area contributed by atoms with Crippen LogP contribution in [0.3, 0.4) is 0 Å². The first kappa shape index (κ1) is 16.0. The molecule has 0 radical (unpaired) electrons. The number of rotatable bonds is 6. The molecule has 2 aromatic rings. The SMILES string of the molecule is COc1ccc(OC2CCN(C(=O)COc3ccccc3)C2)nn1. The van der Waals surface area contributed by atoms with Crippen LogP contribution >= 0.6 is 0 Å². The number of likely N-dealkylation sites (tertiary alicyclic amines) is 1.